The van der Waals surface area contributed by atoms with Crippen LogP contribution in [0.25, 0.3) is 0 Å². The molecule has 2 aromatic carbocycles. The Morgan fingerprint density at radius 1 is 1.18 bits per heavy atom. The third-order valence-electron chi connectivity index (χ3n) is 2.82. The van der Waals surface area contributed by atoms with E-state index < -0.39 is 17.7 Å². The van der Waals surface area contributed by atoms with E-state index in [0.29, 0.717) is 15.5 Å². The van der Waals surface area contributed by atoms with Crippen molar-refractivity contribution in [2.75, 3.05) is 0 Å². The minimum absolute atomic E-state index is 0.0319. The van der Waals surface area contributed by atoms with Gasteiger partial charge in [0.15, 0.2) is 0 Å². The summed E-state index contributed by atoms with van der Waals surface area (Å²) in [5.74, 6) is -0.903. The predicted octanol–water partition coefficient (Wildman–Crippen LogP) is 5.35. The summed E-state index contributed by atoms with van der Waals surface area (Å²) < 4.78 is 37.9. The maximum Gasteiger partial charge on any atom is 0.416 e. The summed E-state index contributed by atoms with van der Waals surface area (Å²) in [6.07, 6.45) is -4.40. The third-order valence-corrected chi connectivity index (χ3v) is 4.20. The zero-order chi connectivity index (χ0) is 16.3. The van der Waals surface area contributed by atoms with Crippen LogP contribution in [0.3, 0.4) is 0 Å². The summed E-state index contributed by atoms with van der Waals surface area (Å²) >= 11 is 6.90. The highest BCUT2D eigenvalue weighted by Gasteiger charge is 2.30. The number of halogens is 4. The number of carboxylic acid groups (broad SMARTS) is 1. The topological polar surface area (TPSA) is 37.3 Å². The van der Waals surface area contributed by atoms with Crippen molar-refractivity contribution in [3.8, 4) is 0 Å². The minimum Gasteiger partial charge on any atom is -0.478 e. The molecule has 0 aliphatic heterocycles. The summed E-state index contributed by atoms with van der Waals surface area (Å²) in [7, 11) is 0. The molecule has 0 fully saturated rings. The van der Waals surface area contributed by atoms with Crippen LogP contribution in [0.2, 0.25) is 5.02 Å². The Balaban J connectivity index is 2.19. The maximum atomic E-state index is 12.6. The SMILES string of the molecule is O=C(O)c1cc(Cl)ccc1SCc1cccc(C(F)(F)F)c1. The number of thioether (sulfide) groups is 1. The first-order chi connectivity index (χ1) is 10.3. The Hall–Kier alpha value is -1.66. The number of rotatable bonds is 4. The van der Waals surface area contributed by atoms with Gasteiger partial charge in [0.25, 0.3) is 0 Å². The highest BCUT2D eigenvalue weighted by molar-refractivity contribution is 7.98. The smallest absolute Gasteiger partial charge is 0.416 e. The first-order valence-corrected chi connectivity index (χ1v) is 7.45. The van der Waals surface area contributed by atoms with E-state index >= 15 is 0 Å². The predicted molar refractivity (Wildman–Crippen MR) is 79.4 cm³/mol. The summed E-state index contributed by atoms with van der Waals surface area (Å²) in [5, 5.41) is 9.41. The second-order valence-corrected chi connectivity index (χ2v) is 5.89. The van der Waals surface area contributed by atoms with E-state index in [1.807, 2.05) is 0 Å². The molecule has 0 heterocycles. The largest absolute Gasteiger partial charge is 0.478 e. The lowest BCUT2D eigenvalue weighted by molar-refractivity contribution is -0.137. The molecule has 22 heavy (non-hydrogen) atoms. The van der Waals surface area contributed by atoms with Crippen LogP contribution in [0.4, 0.5) is 13.2 Å². The molecule has 2 nitrogen and oxygen atoms in total. The molecule has 7 heteroatoms. The molecule has 0 aromatic heterocycles. The normalized spacial score (nSPS) is 11.5. The van der Waals surface area contributed by atoms with Gasteiger partial charge in [0.2, 0.25) is 0 Å². The Morgan fingerprint density at radius 2 is 1.91 bits per heavy atom. The van der Waals surface area contributed by atoms with E-state index in [0.717, 1.165) is 23.9 Å². The number of alkyl halides is 3. The van der Waals surface area contributed by atoms with Crippen LogP contribution in [0.15, 0.2) is 47.4 Å². The molecule has 0 saturated carbocycles. The van der Waals surface area contributed by atoms with Crippen LogP contribution in [0.5, 0.6) is 0 Å². The first-order valence-electron chi connectivity index (χ1n) is 6.09. The Kier molecular flexibility index (Phi) is 5.03. The third kappa shape index (κ3) is 4.18. The van der Waals surface area contributed by atoms with Crippen molar-refractivity contribution in [1.82, 2.24) is 0 Å². The van der Waals surface area contributed by atoms with Crippen molar-refractivity contribution in [3.63, 3.8) is 0 Å². The van der Waals surface area contributed by atoms with Crippen LogP contribution < -0.4 is 0 Å². The molecule has 0 spiro atoms. The van der Waals surface area contributed by atoms with E-state index in [1.54, 1.807) is 18.2 Å². The molecule has 0 unspecified atom stereocenters. The van der Waals surface area contributed by atoms with Crippen molar-refractivity contribution >= 4 is 29.3 Å². The number of hydrogen-bond donors (Lipinski definition) is 1. The molecule has 0 amide bonds. The molecule has 1 N–H and O–H groups in total. The van der Waals surface area contributed by atoms with Crippen molar-refractivity contribution in [3.05, 3.63) is 64.2 Å². The van der Waals surface area contributed by atoms with Gasteiger partial charge in [0.05, 0.1) is 11.1 Å². The average Bonchev–Trinajstić information content (AvgIpc) is 2.45. The molecular weight excluding hydrogens is 337 g/mol. The summed E-state index contributed by atoms with van der Waals surface area (Å²) in [4.78, 5) is 11.6. The zero-order valence-corrected chi connectivity index (χ0v) is 12.6. The highest BCUT2D eigenvalue weighted by Crippen LogP contribution is 2.32. The first kappa shape index (κ1) is 16.7. The van der Waals surface area contributed by atoms with E-state index in [-0.39, 0.29) is 11.3 Å². The average molecular weight is 347 g/mol. The van der Waals surface area contributed by atoms with Gasteiger partial charge in [-0.3, -0.25) is 0 Å². The number of aromatic carboxylic acids is 1. The van der Waals surface area contributed by atoms with Gasteiger partial charge in [-0.15, -0.1) is 11.8 Å². The fourth-order valence-corrected chi connectivity index (χ4v) is 2.93. The highest BCUT2D eigenvalue weighted by atomic mass is 35.5. The molecule has 0 saturated heterocycles. The molecule has 0 aliphatic rings. The van der Waals surface area contributed by atoms with Crippen molar-refractivity contribution in [2.24, 2.45) is 0 Å². The molecule has 116 valence electrons. The quantitative estimate of drug-likeness (QED) is 0.758. The van der Waals surface area contributed by atoms with Crippen molar-refractivity contribution in [2.45, 2.75) is 16.8 Å². The number of hydrogen-bond acceptors (Lipinski definition) is 2. The van der Waals surface area contributed by atoms with Gasteiger partial charge in [-0.05, 0) is 29.8 Å². The molecule has 0 atom stereocenters. The van der Waals surface area contributed by atoms with Gasteiger partial charge in [-0.2, -0.15) is 13.2 Å². The lowest BCUT2D eigenvalue weighted by Crippen LogP contribution is -2.05. The van der Waals surface area contributed by atoms with Gasteiger partial charge in [0.1, 0.15) is 0 Å². The summed E-state index contributed by atoms with van der Waals surface area (Å²) in [6, 6.07) is 9.37. The number of carbonyl (C=O) groups is 1. The van der Waals surface area contributed by atoms with Crippen LogP contribution in [0, 0.1) is 0 Å². The van der Waals surface area contributed by atoms with E-state index in [9.17, 15) is 18.0 Å². The lowest BCUT2D eigenvalue weighted by atomic mass is 10.1. The van der Waals surface area contributed by atoms with E-state index in [1.165, 1.54) is 12.1 Å². The summed E-state index contributed by atoms with van der Waals surface area (Å²) in [5.41, 5.74) is -0.226. The lowest BCUT2D eigenvalue weighted by Gasteiger charge is -2.09. The molecule has 0 radical (unpaired) electrons. The zero-order valence-electron chi connectivity index (χ0n) is 11.0. The van der Waals surface area contributed by atoms with Crippen LogP contribution in [0.1, 0.15) is 21.5 Å². The molecular formula is C15H10ClF3O2S. The van der Waals surface area contributed by atoms with Gasteiger partial charge in [-0.25, -0.2) is 4.79 Å². The van der Waals surface area contributed by atoms with E-state index in [4.69, 9.17) is 16.7 Å². The number of benzene rings is 2. The maximum absolute atomic E-state index is 12.6. The molecule has 2 rings (SSSR count). The monoisotopic (exact) mass is 346 g/mol. The van der Waals surface area contributed by atoms with Gasteiger partial charge in [-0.1, -0.05) is 29.8 Å². The Labute approximate surface area is 133 Å². The van der Waals surface area contributed by atoms with E-state index in [2.05, 4.69) is 0 Å². The van der Waals surface area contributed by atoms with Gasteiger partial charge in [0, 0.05) is 15.7 Å². The minimum atomic E-state index is -4.40. The van der Waals surface area contributed by atoms with Crippen LogP contribution in [-0.2, 0) is 11.9 Å². The molecule has 0 bridgehead atoms. The Bertz CT molecular complexity index is 701. The summed E-state index contributed by atoms with van der Waals surface area (Å²) in [6.45, 7) is 0. The van der Waals surface area contributed by atoms with Gasteiger partial charge < -0.3 is 5.11 Å². The Morgan fingerprint density at radius 3 is 2.55 bits per heavy atom. The second kappa shape index (κ2) is 6.62. The standard InChI is InChI=1S/C15H10ClF3O2S/c16-11-4-5-13(12(7-11)14(20)21)22-8-9-2-1-3-10(6-9)15(17,18)19/h1-7H,8H2,(H,20,21). The fourth-order valence-electron chi connectivity index (χ4n) is 1.79. The molecule has 0 aliphatic carbocycles. The second-order valence-electron chi connectivity index (χ2n) is 4.43. The van der Waals surface area contributed by atoms with Crippen molar-refractivity contribution < 1.29 is 23.1 Å². The van der Waals surface area contributed by atoms with Crippen LogP contribution >= 0.6 is 23.4 Å². The van der Waals surface area contributed by atoms with Crippen molar-refractivity contribution in [1.29, 1.82) is 0 Å². The fraction of sp³-hybridized carbons (Fsp3) is 0.133. The number of carboxylic acids is 1. The molecule has 2 aromatic rings. The van der Waals surface area contributed by atoms with Crippen LogP contribution in [-0.4, -0.2) is 11.1 Å². The van der Waals surface area contributed by atoms with Gasteiger partial charge >= 0.3 is 12.1 Å².